The fourth-order valence-corrected chi connectivity index (χ4v) is 3.61. The van der Waals surface area contributed by atoms with Gasteiger partial charge >= 0.3 is 6.18 Å². The molecule has 0 aromatic heterocycles. The summed E-state index contributed by atoms with van der Waals surface area (Å²) in [4.78, 5) is 12.5. The maximum Gasteiger partial charge on any atom is 0.416 e. The van der Waals surface area contributed by atoms with Crippen molar-refractivity contribution >= 4 is 5.78 Å². The summed E-state index contributed by atoms with van der Waals surface area (Å²) < 4.78 is 51.7. The smallest absolute Gasteiger partial charge is 0.311 e. The van der Waals surface area contributed by atoms with Crippen LogP contribution < -0.4 is 5.32 Å². The predicted molar refractivity (Wildman–Crippen MR) is 73.0 cm³/mol. The lowest BCUT2D eigenvalue weighted by Crippen LogP contribution is -2.50. The van der Waals surface area contributed by atoms with Crippen LogP contribution in [0.2, 0.25) is 0 Å². The highest BCUT2D eigenvalue weighted by Gasteiger charge is 2.36. The summed E-state index contributed by atoms with van der Waals surface area (Å²) in [6.07, 6.45) is -0.335. The van der Waals surface area contributed by atoms with E-state index in [-0.39, 0.29) is 29.3 Å². The summed E-state index contributed by atoms with van der Waals surface area (Å²) >= 11 is 0. The zero-order valence-electron chi connectivity index (χ0n) is 11.9. The molecule has 0 amide bonds. The second kappa shape index (κ2) is 5.65. The standard InChI is InChI=1S/C16H17F4NO/c17-12-5-9(4-11(8-12)16(18,19)20)15(22)10-6-13-2-1-3-14(7-10)21-13/h4-5,8,10,13-14,21H,1-3,6-7H2. The fourth-order valence-electron chi connectivity index (χ4n) is 3.61. The number of alkyl halides is 3. The Hall–Kier alpha value is -1.43. The third-order valence-electron chi connectivity index (χ3n) is 4.60. The highest BCUT2D eigenvalue weighted by atomic mass is 19.4. The van der Waals surface area contributed by atoms with Crippen LogP contribution in [0.15, 0.2) is 18.2 Å². The van der Waals surface area contributed by atoms with Gasteiger partial charge in [-0.15, -0.1) is 0 Å². The van der Waals surface area contributed by atoms with Crippen molar-refractivity contribution in [1.29, 1.82) is 0 Å². The lowest BCUT2D eigenvalue weighted by molar-refractivity contribution is -0.137. The zero-order chi connectivity index (χ0) is 15.9. The Morgan fingerprint density at radius 2 is 1.73 bits per heavy atom. The number of ketones is 1. The first-order valence-electron chi connectivity index (χ1n) is 7.51. The van der Waals surface area contributed by atoms with Gasteiger partial charge in [0.1, 0.15) is 5.82 Å². The first kappa shape index (κ1) is 15.5. The van der Waals surface area contributed by atoms with E-state index in [0.717, 1.165) is 31.4 Å². The van der Waals surface area contributed by atoms with Crippen LogP contribution in [-0.4, -0.2) is 17.9 Å². The molecule has 2 aliphatic rings. The highest BCUT2D eigenvalue weighted by Crippen LogP contribution is 2.34. The van der Waals surface area contributed by atoms with Gasteiger partial charge in [0.05, 0.1) is 5.56 Å². The first-order chi connectivity index (χ1) is 10.3. The number of Topliss-reactive ketones (excluding diaryl/α,β-unsaturated/α-hetero) is 1. The van der Waals surface area contributed by atoms with Crippen LogP contribution >= 0.6 is 0 Å². The number of hydrogen-bond donors (Lipinski definition) is 1. The number of nitrogens with one attached hydrogen (secondary N) is 1. The number of piperidine rings is 2. The van der Waals surface area contributed by atoms with Gasteiger partial charge in [-0.25, -0.2) is 4.39 Å². The molecule has 3 rings (SSSR count). The zero-order valence-corrected chi connectivity index (χ0v) is 11.9. The lowest BCUT2D eigenvalue weighted by atomic mass is 9.77. The van der Waals surface area contributed by atoms with Crippen molar-refractivity contribution in [3.63, 3.8) is 0 Å². The van der Waals surface area contributed by atoms with Crippen LogP contribution in [0.4, 0.5) is 17.6 Å². The topological polar surface area (TPSA) is 29.1 Å². The molecule has 1 aromatic rings. The second-order valence-corrected chi connectivity index (χ2v) is 6.25. The molecule has 2 aliphatic heterocycles. The quantitative estimate of drug-likeness (QED) is 0.661. The number of rotatable bonds is 2. The monoisotopic (exact) mass is 315 g/mol. The van der Waals surface area contributed by atoms with Crippen LogP contribution in [0, 0.1) is 11.7 Å². The van der Waals surface area contributed by atoms with Gasteiger partial charge in [-0.2, -0.15) is 13.2 Å². The molecule has 2 saturated heterocycles. The summed E-state index contributed by atoms with van der Waals surface area (Å²) in [6, 6.07) is 2.60. The Balaban J connectivity index is 1.84. The van der Waals surface area contributed by atoms with Crippen molar-refractivity contribution in [1.82, 2.24) is 5.32 Å². The molecule has 2 nitrogen and oxygen atoms in total. The van der Waals surface area contributed by atoms with E-state index in [0.29, 0.717) is 18.9 Å². The lowest BCUT2D eigenvalue weighted by Gasteiger charge is -2.39. The van der Waals surface area contributed by atoms with E-state index in [9.17, 15) is 22.4 Å². The molecule has 2 heterocycles. The Bertz CT molecular complexity index is 572. The number of carbonyl (C=O) groups is 1. The van der Waals surface area contributed by atoms with Crippen LogP contribution in [0.3, 0.4) is 0 Å². The molecule has 1 aromatic carbocycles. The average Bonchev–Trinajstić information content (AvgIpc) is 2.44. The Morgan fingerprint density at radius 3 is 2.32 bits per heavy atom. The molecule has 0 saturated carbocycles. The minimum atomic E-state index is -4.65. The van der Waals surface area contributed by atoms with Crippen molar-refractivity contribution in [2.24, 2.45) is 5.92 Å². The van der Waals surface area contributed by atoms with E-state index in [4.69, 9.17) is 0 Å². The Morgan fingerprint density at radius 1 is 1.09 bits per heavy atom. The number of halogens is 4. The summed E-state index contributed by atoms with van der Waals surface area (Å²) in [5, 5.41) is 3.43. The molecule has 2 fully saturated rings. The minimum Gasteiger partial charge on any atom is -0.311 e. The molecule has 6 heteroatoms. The second-order valence-electron chi connectivity index (χ2n) is 6.25. The maximum atomic E-state index is 13.5. The minimum absolute atomic E-state index is 0.169. The van der Waals surface area contributed by atoms with E-state index in [2.05, 4.69) is 5.32 Å². The summed E-state index contributed by atoms with van der Waals surface area (Å²) in [6.45, 7) is 0. The molecule has 22 heavy (non-hydrogen) atoms. The van der Waals surface area contributed by atoms with Crippen molar-refractivity contribution in [3.8, 4) is 0 Å². The third-order valence-corrected chi connectivity index (χ3v) is 4.60. The Kier molecular flexibility index (Phi) is 3.97. The summed E-state index contributed by atoms with van der Waals surface area (Å²) in [7, 11) is 0. The molecule has 0 spiro atoms. The van der Waals surface area contributed by atoms with Crippen molar-refractivity contribution in [2.75, 3.05) is 0 Å². The Labute approximate surface area is 125 Å². The van der Waals surface area contributed by atoms with Crippen molar-refractivity contribution < 1.29 is 22.4 Å². The van der Waals surface area contributed by atoms with Crippen LogP contribution in [0.25, 0.3) is 0 Å². The predicted octanol–water partition coefficient (Wildman–Crippen LogP) is 3.95. The number of hydrogen-bond acceptors (Lipinski definition) is 2. The molecule has 2 atom stereocenters. The molecule has 2 unspecified atom stereocenters. The fraction of sp³-hybridized carbons (Fsp3) is 0.562. The average molecular weight is 315 g/mol. The van der Waals surface area contributed by atoms with Gasteiger partial charge < -0.3 is 5.32 Å². The number of benzene rings is 1. The molecular formula is C16H17F4NO. The van der Waals surface area contributed by atoms with Crippen LogP contribution in [-0.2, 0) is 6.18 Å². The van der Waals surface area contributed by atoms with E-state index < -0.39 is 17.6 Å². The van der Waals surface area contributed by atoms with Gasteiger partial charge in [0.2, 0.25) is 0 Å². The summed E-state index contributed by atoms with van der Waals surface area (Å²) in [5.41, 5.74) is -1.28. The third kappa shape index (κ3) is 3.16. The normalized spacial score (nSPS) is 28.5. The molecular weight excluding hydrogens is 298 g/mol. The van der Waals surface area contributed by atoms with Gasteiger partial charge in [-0.3, -0.25) is 4.79 Å². The van der Waals surface area contributed by atoms with Crippen LogP contribution in [0.1, 0.15) is 48.0 Å². The van der Waals surface area contributed by atoms with E-state index in [1.807, 2.05) is 0 Å². The van der Waals surface area contributed by atoms with E-state index in [1.165, 1.54) is 0 Å². The number of fused-ring (bicyclic) bond motifs is 2. The van der Waals surface area contributed by atoms with Gasteiger partial charge in [-0.05, 0) is 43.9 Å². The van der Waals surface area contributed by atoms with Crippen LogP contribution in [0.5, 0.6) is 0 Å². The molecule has 0 radical (unpaired) electrons. The SMILES string of the molecule is O=C(c1cc(F)cc(C(F)(F)F)c1)C1CC2CCCC(C1)N2. The maximum absolute atomic E-state index is 13.5. The van der Waals surface area contributed by atoms with E-state index in [1.54, 1.807) is 0 Å². The first-order valence-corrected chi connectivity index (χ1v) is 7.51. The number of carbonyl (C=O) groups excluding carboxylic acids is 1. The van der Waals surface area contributed by atoms with E-state index >= 15 is 0 Å². The van der Waals surface area contributed by atoms with Gasteiger partial charge in [0.15, 0.2) is 5.78 Å². The largest absolute Gasteiger partial charge is 0.416 e. The van der Waals surface area contributed by atoms with Crippen molar-refractivity contribution in [2.45, 2.75) is 50.4 Å². The molecule has 0 aliphatic carbocycles. The van der Waals surface area contributed by atoms with Crippen molar-refractivity contribution in [3.05, 3.63) is 35.1 Å². The summed E-state index contributed by atoms with van der Waals surface area (Å²) in [5.74, 6) is -1.71. The van der Waals surface area contributed by atoms with Gasteiger partial charge in [-0.1, -0.05) is 6.42 Å². The van der Waals surface area contributed by atoms with Gasteiger partial charge in [0, 0.05) is 23.6 Å². The molecule has 1 N–H and O–H groups in total. The highest BCUT2D eigenvalue weighted by molar-refractivity contribution is 5.98. The molecule has 120 valence electrons. The molecule has 2 bridgehead atoms. The van der Waals surface area contributed by atoms with Gasteiger partial charge in [0.25, 0.3) is 0 Å².